The molecule has 0 aromatic heterocycles. The van der Waals surface area contributed by atoms with E-state index in [0.29, 0.717) is 12.0 Å². The molecule has 0 spiro atoms. The van der Waals surface area contributed by atoms with Crippen LogP contribution in [0.4, 0.5) is 0 Å². The second-order valence-corrected chi connectivity index (χ2v) is 5.98. The monoisotopic (exact) mass is 277 g/mol. The highest BCUT2D eigenvalue weighted by molar-refractivity contribution is 7.89. The Morgan fingerprint density at radius 3 is 2.71 bits per heavy atom. The van der Waals surface area contributed by atoms with Gasteiger partial charge in [-0.3, -0.25) is 0 Å². The Hall–Kier alpha value is -0.620. The van der Waals surface area contributed by atoms with E-state index in [1.54, 1.807) is 26.0 Å². The minimum absolute atomic E-state index is 0.0642. The summed E-state index contributed by atoms with van der Waals surface area (Å²) >= 11 is 5.97. The molecule has 2 N–H and O–H groups in total. The van der Waals surface area contributed by atoms with E-state index in [4.69, 9.17) is 16.7 Å². The van der Waals surface area contributed by atoms with Crippen molar-refractivity contribution in [2.45, 2.75) is 31.2 Å². The fourth-order valence-corrected chi connectivity index (χ4v) is 3.27. The lowest BCUT2D eigenvalue weighted by Crippen LogP contribution is -2.33. The van der Waals surface area contributed by atoms with Gasteiger partial charge >= 0.3 is 0 Å². The van der Waals surface area contributed by atoms with Crippen LogP contribution in [0.2, 0.25) is 5.02 Å². The molecule has 0 heterocycles. The van der Waals surface area contributed by atoms with Gasteiger partial charge in [0.1, 0.15) is 4.90 Å². The average molecular weight is 278 g/mol. The molecule has 1 unspecified atom stereocenters. The zero-order valence-electron chi connectivity index (χ0n) is 9.77. The Morgan fingerprint density at radius 1 is 1.47 bits per heavy atom. The van der Waals surface area contributed by atoms with Crippen LogP contribution >= 0.6 is 11.6 Å². The molecule has 0 fully saturated rings. The first-order valence-corrected chi connectivity index (χ1v) is 7.13. The van der Waals surface area contributed by atoms with Crippen molar-refractivity contribution in [2.24, 2.45) is 0 Å². The maximum atomic E-state index is 12.0. The number of aryl methyl sites for hydroxylation is 1. The van der Waals surface area contributed by atoms with Crippen LogP contribution < -0.4 is 4.72 Å². The average Bonchev–Trinajstić information content (AvgIpc) is 2.21. The fourth-order valence-electron chi connectivity index (χ4n) is 1.41. The van der Waals surface area contributed by atoms with Crippen molar-refractivity contribution < 1.29 is 13.5 Å². The molecule has 1 rings (SSSR count). The van der Waals surface area contributed by atoms with Crippen LogP contribution in [0.25, 0.3) is 0 Å². The van der Waals surface area contributed by atoms with Gasteiger partial charge in [0.05, 0.1) is 5.02 Å². The first kappa shape index (κ1) is 14.4. The Labute approximate surface area is 107 Å². The smallest absolute Gasteiger partial charge is 0.242 e. The molecule has 0 aliphatic carbocycles. The number of benzene rings is 1. The molecule has 1 aromatic rings. The molecule has 0 radical (unpaired) electrons. The molecule has 1 aromatic carbocycles. The van der Waals surface area contributed by atoms with Crippen molar-refractivity contribution in [1.82, 2.24) is 4.72 Å². The van der Waals surface area contributed by atoms with Crippen molar-refractivity contribution in [3.05, 3.63) is 28.8 Å². The zero-order chi connectivity index (χ0) is 13.1. The van der Waals surface area contributed by atoms with Crippen LogP contribution in [0.5, 0.6) is 0 Å². The van der Waals surface area contributed by atoms with Crippen LogP contribution in [0.15, 0.2) is 23.1 Å². The highest BCUT2D eigenvalue weighted by Crippen LogP contribution is 2.24. The summed E-state index contributed by atoms with van der Waals surface area (Å²) in [5, 5.41) is 8.97. The minimum Gasteiger partial charge on any atom is -0.396 e. The normalized spacial score (nSPS) is 13.6. The molecule has 4 nitrogen and oxygen atoms in total. The topological polar surface area (TPSA) is 66.4 Å². The molecule has 6 heteroatoms. The second kappa shape index (κ2) is 5.82. The molecular weight excluding hydrogens is 262 g/mol. The fraction of sp³-hybridized carbons (Fsp3) is 0.455. The molecular formula is C11H16ClNO3S. The van der Waals surface area contributed by atoms with Gasteiger partial charge < -0.3 is 5.11 Å². The second-order valence-electron chi connectivity index (χ2n) is 3.92. The van der Waals surface area contributed by atoms with Crippen LogP contribution in [-0.2, 0) is 10.0 Å². The van der Waals surface area contributed by atoms with E-state index in [1.165, 1.54) is 6.07 Å². The van der Waals surface area contributed by atoms with E-state index in [0.717, 1.165) is 0 Å². The van der Waals surface area contributed by atoms with E-state index in [-0.39, 0.29) is 22.6 Å². The predicted octanol–water partition coefficient (Wildman–Crippen LogP) is 1.70. The highest BCUT2D eigenvalue weighted by atomic mass is 35.5. The van der Waals surface area contributed by atoms with Crippen LogP contribution in [0.1, 0.15) is 18.9 Å². The number of hydrogen-bond acceptors (Lipinski definition) is 3. The SMILES string of the molecule is Cc1cccc(S(=O)(=O)NC(C)CCO)c1Cl. The Bertz CT molecular complexity index is 487. The van der Waals surface area contributed by atoms with Crippen molar-refractivity contribution in [2.75, 3.05) is 6.61 Å². The number of aliphatic hydroxyl groups excluding tert-OH is 1. The number of aliphatic hydroxyl groups is 1. The number of halogens is 1. The summed E-state index contributed by atoms with van der Waals surface area (Å²) in [4.78, 5) is 0.0731. The first-order valence-electron chi connectivity index (χ1n) is 5.27. The summed E-state index contributed by atoms with van der Waals surface area (Å²) in [5.74, 6) is 0. The third-order valence-corrected chi connectivity index (χ3v) is 4.61. The lowest BCUT2D eigenvalue weighted by atomic mass is 10.2. The van der Waals surface area contributed by atoms with Gasteiger partial charge in [-0.1, -0.05) is 23.7 Å². The molecule has 0 aliphatic rings. The van der Waals surface area contributed by atoms with Crippen LogP contribution in [-0.4, -0.2) is 26.2 Å². The van der Waals surface area contributed by atoms with Crippen LogP contribution in [0.3, 0.4) is 0 Å². The van der Waals surface area contributed by atoms with Gasteiger partial charge in [0.2, 0.25) is 10.0 Å². The van der Waals surface area contributed by atoms with E-state index < -0.39 is 10.0 Å². The third kappa shape index (κ3) is 3.67. The van der Waals surface area contributed by atoms with Gasteiger partial charge in [-0.25, -0.2) is 13.1 Å². The Kier molecular flexibility index (Phi) is 4.94. The molecule has 0 aliphatic heterocycles. The summed E-state index contributed by atoms with van der Waals surface area (Å²) in [6, 6.07) is 4.52. The van der Waals surface area contributed by atoms with Crippen molar-refractivity contribution in [1.29, 1.82) is 0 Å². The number of hydrogen-bond donors (Lipinski definition) is 2. The third-order valence-electron chi connectivity index (χ3n) is 2.36. The van der Waals surface area contributed by atoms with Crippen molar-refractivity contribution >= 4 is 21.6 Å². The van der Waals surface area contributed by atoms with Gasteiger partial charge in [-0.05, 0) is 31.9 Å². The van der Waals surface area contributed by atoms with E-state index in [2.05, 4.69) is 4.72 Å². The number of sulfonamides is 1. The Morgan fingerprint density at radius 2 is 2.12 bits per heavy atom. The largest absolute Gasteiger partial charge is 0.396 e. The number of nitrogens with one attached hydrogen (secondary N) is 1. The molecule has 0 bridgehead atoms. The summed E-state index contributed by atoms with van der Waals surface area (Å²) < 4.78 is 26.5. The lowest BCUT2D eigenvalue weighted by Gasteiger charge is -2.14. The van der Waals surface area contributed by atoms with Gasteiger partial charge in [0.25, 0.3) is 0 Å². The summed E-state index contributed by atoms with van der Waals surface area (Å²) in [6.45, 7) is 3.38. The van der Waals surface area contributed by atoms with Gasteiger partial charge in [0.15, 0.2) is 0 Å². The lowest BCUT2D eigenvalue weighted by molar-refractivity contribution is 0.275. The maximum Gasteiger partial charge on any atom is 0.242 e. The zero-order valence-corrected chi connectivity index (χ0v) is 11.3. The maximum absolute atomic E-state index is 12.0. The van der Waals surface area contributed by atoms with Gasteiger partial charge in [-0.2, -0.15) is 0 Å². The standard InChI is InChI=1S/C11H16ClNO3S/c1-8-4-3-5-10(11(8)12)17(15,16)13-9(2)6-7-14/h3-5,9,13-14H,6-7H2,1-2H3. The van der Waals surface area contributed by atoms with Crippen LogP contribution in [0, 0.1) is 6.92 Å². The highest BCUT2D eigenvalue weighted by Gasteiger charge is 2.20. The van der Waals surface area contributed by atoms with E-state index in [9.17, 15) is 8.42 Å². The quantitative estimate of drug-likeness (QED) is 0.861. The van der Waals surface area contributed by atoms with Gasteiger partial charge in [0, 0.05) is 12.6 Å². The first-order chi connectivity index (χ1) is 7.88. The molecule has 96 valence electrons. The molecule has 0 saturated heterocycles. The molecule has 0 amide bonds. The summed E-state index contributed by atoms with van der Waals surface area (Å²) in [6.07, 6.45) is 0.364. The van der Waals surface area contributed by atoms with Gasteiger partial charge in [-0.15, -0.1) is 0 Å². The predicted molar refractivity (Wildman–Crippen MR) is 67.7 cm³/mol. The van der Waals surface area contributed by atoms with Crippen molar-refractivity contribution in [3.8, 4) is 0 Å². The summed E-state index contributed by atoms with van der Waals surface area (Å²) in [5.41, 5.74) is 0.712. The molecule has 0 saturated carbocycles. The summed E-state index contributed by atoms with van der Waals surface area (Å²) in [7, 11) is -3.63. The van der Waals surface area contributed by atoms with E-state index in [1.807, 2.05) is 0 Å². The molecule has 17 heavy (non-hydrogen) atoms. The minimum atomic E-state index is -3.63. The molecule has 1 atom stereocenters. The van der Waals surface area contributed by atoms with E-state index >= 15 is 0 Å². The Balaban J connectivity index is 3.02. The number of rotatable bonds is 5. The van der Waals surface area contributed by atoms with Crippen molar-refractivity contribution in [3.63, 3.8) is 0 Å².